The third kappa shape index (κ3) is 4.21. The van der Waals surface area contributed by atoms with E-state index in [0.29, 0.717) is 6.42 Å². The molecule has 1 aromatic heterocycles. The van der Waals surface area contributed by atoms with Gasteiger partial charge in [0.25, 0.3) is 0 Å². The lowest BCUT2D eigenvalue weighted by molar-refractivity contribution is -0.122. The van der Waals surface area contributed by atoms with Crippen LogP contribution >= 0.6 is 0 Å². The van der Waals surface area contributed by atoms with Gasteiger partial charge in [-0.3, -0.25) is 4.79 Å². The number of aromatic nitrogens is 2. The van der Waals surface area contributed by atoms with Crippen molar-refractivity contribution in [2.24, 2.45) is 5.92 Å². The average Bonchev–Trinajstić information content (AvgIpc) is 3.26. The zero-order valence-electron chi connectivity index (χ0n) is 13.7. The minimum Gasteiger partial charge on any atom is -0.350 e. The normalized spacial score (nSPS) is 16.4. The van der Waals surface area contributed by atoms with Crippen LogP contribution in [0.3, 0.4) is 0 Å². The van der Waals surface area contributed by atoms with Crippen LogP contribution < -0.4 is 5.32 Å². The number of benzene rings is 1. The predicted octanol–water partition coefficient (Wildman–Crippen LogP) is 4.02. The smallest absolute Gasteiger partial charge is 0.220 e. The molecule has 0 aliphatic heterocycles. The first-order valence-electron chi connectivity index (χ1n) is 8.60. The van der Waals surface area contributed by atoms with Crippen molar-refractivity contribution in [3.8, 4) is 5.69 Å². The first-order valence-corrected chi connectivity index (χ1v) is 8.60. The summed E-state index contributed by atoms with van der Waals surface area (Å²) in [7, 11) is 0. The van der Waals surface area contributed by atoms with Gasteiger partial charge in [0.05, 0.1) is 12.4 Å². The number of nitrogens with one attached hydrogen (secondary N) is 1. The summed E-state index contributed by atoms with van der Waals surface area (Å²) < 4.78 is 1.97. The van der Waals surface area contributed by atoms with Crippen molar-refractivity contribution in [2.45, 2.75) is 51.5 Å². The van der Waals surface area contributed by atoms with Crippen LogP contribution in [0.5, 0.6) is 0 Å². The topological polar surface area (TPSA) is 46.9 Å². The average molecular weight is 311 g/mol. The molecule has 1 aliphatic carbocycles. The van der Waals surface area contributed by atoms with Crippen LogP contribution in [0.25, 0.3) is 5.69 Å². The minimum absolute atomic E-state index is 0.0444. The molecule has 1 atom stereocenters. The summed E-state index contributed by atoms with van der Waals surface area (Å²) in [4.78, 5) is 16.2. The monoisotopic (exact) mass is 311 g/mol. The first kappa shape index (κ1) is 15.8. The van der Waals surface area contributed by atoms with Crippen LogP contribution in [-0.2, 0) is 4.79 Å². The Labute approximate surface area is 137 Å². The van der Waals surface area contributed by atoms with Gasteiger partial charge in [0.2, 0.25) is 5.91 Å². The van der Waals surface area contributed by atoms with Gasteiger partial charge < -0.3 is 9.88 Å². The maximum absolute atomic E-state index is 12.1. The van der Waals surface area contributed by atoms with Crippen LogP contribution in [0.1, 0.15) is 57.1 Å². The lowest BCUT2D eigenvalue weighted by Crippen LogP contribution is -2.26. The third-order valence-electron chi connectivity index (χ3n) is 4.83. The van der Waals surface area contributed by atoms with Crippen molar-refractivity contribution in [2.75, 3.05) is 0 Å². The van der Waals surface area contributed by atoms with E-state index < -0.39 is 0 Å². The number of carbonyl (C=O) groups is 1. The van der Waals surface area contributed by atoms with E-state index in [4.69, 9.17) is 0 Å². The van der Waals surface area contributed by atoms with Crippen molar-refractivity contribution in [3.05, 3.63) is 48.5 Å². The van der Waals surface area contributed by atoms with Crippen LogP contribution in [0, 0.1) is 5.92 Å². The Kier molecular flexibility index (Phi) is 5.11. The van der Waals surface area contributed by atoms with E-state index in [1.807, 2.05) is 17.7 Å². The number of hydrogen-bond donors (Lipinski definition) is 1. The molecule has 0 radical (unpaired) electrons. The Morgan fingerprint density at radius 2 is 2.04 bits per heavy atom. The fourth-order valence-corrected chi connectivity index (χ4v) is 3.38. The molecule has 1 fully saturated rings. The molecule has 4 heteroatoms. The maximum atomic E-state index is 12.1. The second-order valence-corrected chi connectivity index (χ2v) is 6.54. The third-order valence-corrected chi connectivity index (χ3v) is 4.83. The Hall–Kier alpha value is -2.10. The molecule has 23 heavy (non-hydrogen) atoms. The van der Waals surface area contributed by atoms with Gasteiger partial charge in [-0.2, -0.15) is 0 Å². The lowest BCUT2D eigenvalue weighted by Gasteiger charge is -2.16. The standard InChI is InChI=1S/C19H25N3O/c1-15(21-19(23)11-6-16-4-2-3-5-16)17-7-9-18(10-8-17)22-13-12-20-14-22/h7-10,12-16H,2-6,11H2,1H3,(H,21,23)/t15-/m1/s1. The van der Waals surface area contributed by atoms with E-state index in [2.05, 4.69) is 34.6 Å². The number of amides is 1. The molecule has 0 spiro atoms. The molecular weight excluding hydrogens is 286 g/mol. The molecule has 1 heterocycles. The molecule has 3 rings (SSSR count). The van der Waals surface area contributed by atoms with Gasteiger partial charge in [0.15, 0.2) is 0 Å². The predicted molar refractivity (Wildman–Crippen MR) is 91.3 cm³/mol. The maximum Gasteiger partial charge on any atom is 0.220 e. The summed E-state index contributed by atoms with van der Waals surface area (Å²) in [5.41, 5.74) is 2.20. The number of hydrogen-bond acceptors (Lipinski definition) is 2. The molecule has 2 aromatic rings. The molecule has 1 N–H and O–H groups in total. The lowest BCUT2D eigenvalue weighted by atomic mass is 10.0. The molecule has 0 unspecified atom stereocenters. The van der Waals surface area contributed by atoms with Gasteiger partial charge in [0, 0.05) is 24.5 Å². The van der Waals surface area contributed by atoms with E-state index in [-0.39, 0.29) is 11.9 Å². The SMILES string of the molecule is C[C@@H](NC(=O)CCC1CCCC1)c1ccc(-n2ccnc2)cc1. The quantitative estimate of drug-likeness (QED) is 0.876. The molecule has 0 bridgehead atoms. The number of carbonyl (C=O) groups excluding carboxylic acids is 1. The fraction of sp³-hybridized carbons (Fsp3) is 0.474. The molecule has 1 amide bonds. The summed E-state index contributed by atoms with van der Waals surface area (Å²) in [6.45, 7) is 2.04. The Balaban J connectivity index is 1.51. The van der Waals surface area contributed by atoms with Gasteiger partial charge in [-0.15, -0.1) is 0 Å². The van der Waals surface area contributed by atoms with E-state index in [1.54, 1.807) is 12.5 Å². The second-order valence-electron chi connectivity index (χ2n) is 6.54. The van der Waals surface area contributed by atoms with Crippen LogP contribution in [0.2, 0.25) is 0 Å². The molecule has 1 aromatic carbocycles. The summed E-state index contributed by atoms with van der Waals surface area (Å²) in [5.74, 6) is 0.939. The van der Waals surface area contributed by atoms with Gasteiger partial charge in [-0.05, 0) is 37.0 Å². The van der Waals surface area contributed by atoms with Crippen molar-refractivity contribution >= 4 is 5.91 Å². The van der Waals surface area contributed by atoms with Gasteiger partial charge >= 0.3 is 0 Å². The van der Waals surface area contributed by atoms with Crippen LogP contribution in [-0.4, -0.2) is 15.5 Å². The zero-order chi connectivity index (χ0) is 16.1. The Bertz CT molecular complexity index is 613. The molecule has 1 saturated carbocycles. The minimum atomic E-state index is 0.0444. The van der Waals surface area contributed by atoms with Gasteiger partial charge in [-0.1, -0.05) is 37.8 Å². The summed E-state index contributed by atoms with van der Waals surface area (Å²) in [5, 5.41) is 3.12. The van der Waals surface area contributed by atoms with E-state index in [9.17, 15) is 4.79 Å². The molecule has 0 saturated heterocycles. The number of rotatable bonds is 6. The molecular formula is C19H25N3O. The second kappa shape index (κ2) is 7.44. The molecule has 122 valence electrons. The van der Waals surface area contributed by atoms with Crippen molar-refractivity contribution < 1.29 is 4.79 Å². The van der Waals surface area contributed by atoms with E-state index in [1.165, 1.54) is 25.7 Å². The fourth-order valence-electron chi connectivity index (χ4n) is 3.38. The van der Waals surface area contributed by atoms with Crippen molar-refractivity contribution in [1.82, 2.24) is 14.9 Å². The summed E-state index contributed by atoms with van der Waals surface area (Å²) in [6.07, 6.45) is 12.4. The van der Waals surface area contributed by atoms with Gasteiger partial charge in [0.1, 0.15) is 0 Å². The van der Waals surface area contributed by atoms with E-state index >= 15 is 0 Å². The van der Waals surface area contributed by atoms with Crippen molar-refractivity contribution in [1.29, 1.82) is 0 Å². The highest BCUT2D eigenvalue weighted by Crippen LogP contribution is 2.28. The summed E-state index contributed by atoms with van der Waals surface area (Å²) >= 11 is 0. The largest absolute Gasteiger partial charge is 0.350 e. The van der Waals surface area contributed by atoms with Gasteiger partial charge in [-0.25, -0.2) is 4.98 Å². The molecule has 1 aliphatic rings. The molecule has 4 nitrogen and oxygen atoms in total. The Morgan fingerprint density at radius 3 is 2.70 bits per heavy atom. The van der Waals surface area contributed by atoms with Crippen LogP contribution in [0.4, 0.5) is 0 Å². The zero-order valence-corrected chi connectivity index (χ0v) is 13.7. The first-order chi connectivity index (χ1) is 11.2. The Morgan fingerprint density at radius 1 is 1.30 bits per heavy atom. The number of nitrogens with zero attached hydrogens (tertiary/aromatic N) is 2. The number of imidazole rings is 1. The highest BCUT2D eigenvalue weighted by molar-refractivity contribution is 5.76. The highest BCUT2D eigenvalue weighted by atomic mass is 16.1. The van der Waals surface area contributed by atoms with E-state index in [0.717, 1.165) is 23.6 Å². The highest BCUT2D eigenvalue weighted by Gasteiger charge is 2.17. The van der Waals surface area contributed by atoms with Crippen molar-refractivity contribution in [3.63, 3.8) is 0 Å². The summed E-state index contributed by atoms with van der Waals surface area (Å²) in [6, 6.07) is 8.29. The van der Waals surface area contributed by atoms with Crippen LogP contribution in [0.15, 0.2) is 43.0 Å².